The number of nitrogens with zero attached hydrogens (tertiary/aromatic N) is 1. The summed E-state index contributed by atoms with van der Waals surface area (Å²) in [7, 11) is 0. The minimum atomic E-state index is -1.14. The minimum absolute atomic E-state index is 0.0767. The van der Waals surface area contributed by atoms with Crippen LogP contribution in [0.1, 0.15) is 24.0 Å². The number of hydrogen-bond donors (Lipinski definition) is 3. The summed E-state index contributed by atoms with van der Waals surface area (Å²) in [5.41, 5.74) is 5.74. The van der Waals surface area contributed by atoms with Crippen LogP contribution < -0.4 is 15.6 Å². The molecule has 3 rings (SSSR count). The second kappa shape index (κ2) is 10.7. The second-order valence-corrected chi connectivity index (χ2v) is 7.12. The van der Waals surface area contributed by atoms with Crippen molar-refractivity contribution in [2.24, 2.45) is 4.99 Å². The molecule has 0 unspecified atom stereocenters. The number of aliphatic imine (C=N–C) groups is 1. The van der Waals surface area contributed by atoms with Gasteiger partial charge in [0.25, 0.3) is 5.91 Å². The van der Waals surface area contributed by atoms with Gasteiger partial charge >= 0.3 is 0 Å². The topological polar surface area (TPSA) is 92.2 Å². The van der Waals surface area contributed by atoms with E-state index in [1.807, 2.05) is 0 Å². The molecule has 1 atom stereocenters. The standard InChI is InChI=1S/C23H26FN3O4/c1-2-11-23(22(29)27-25-15-17-5-3-6-19(24)14-17)16-31-21(26-23)18-7-9-20(10-8-18)30-13-4-12-28/h2-3,5-10,14,25,28H,1,4,11-13,15-16H2,(H,27,29)/t23-/m0/s1. The number of rotatable bonds is 11. The summed E-state index contributed by atoms with van der Waals surface area (Å²) in [5, 5.41) is 8.82. The molecule has 0 saturated heterocycles. The third-order valence-electron chi connectivity index (χ3n) is 4.72. The van der Waals surface area contributed by atoms with Crippen molar-refractivity contribution in [1.82, 2.24) is 10.9 Å². The van der Waals surface area contributed by atoms with E-state index in [1.54, 1.807) is 42.5 Å². The van der Waals surface area contributed by atoms with Gasteiger partial charge in [-0.1, -0.05) is 18.2 Å². The van der Waals surface area contributed by atoms with Crippen LogP contribution in [0.3, 0.4) is 0 Å². The second-order valence-electron chi connectivity index (χ2n) is 7.12. The zero-order chi connectivity index (χ0) is 22.1. The van der Waals surface area contributed by atoms with E-state index in [0.717, 1.165) is 5.56 Å². The molecule has 0 aromatic heterocycles. The largest absolute Gasteiger partial charge is 0.494 e. The van der Waals surface area contributed by atoms with E-state index in [0.29, 0.717) is 36.7 Å². The Bertz CT molecular complexity index is 933. The van der Waals surface area contributed by atoms with Crippen LogP contribution >= 0.6 is 0 Å². The summed E-state index contributed by atoms with van der Waals surface area (Å²) in [5.74, 6) is 0.344. The molecule has 164 valence electrons. The van der Waals surface area contributed by atoms with E-state index in [2.05, 4.69) is 22.4 Å². The molecule has 1 heterocycles. The number of halogens is 1. The van der Waals surface area contributed by atoms with Crippen molar-refractivity contribution in [3.63, 3.8) is 0 Å². The van der Waals surface area contributed by atoms with Crippen molar-refractivity contribution in [3.05, 3.63) is 78.1 Å². The Hall–Kier alpha value is -3.23. The summed E-state index contributed by atoms with van der Waals surface area (Å²) in [6, 6.07) is 13.3. The maximum atomic E-state index is 13.3. The summed E-state index contributed by atoms with van der Waals surface area (Å²) < 4.78 is 24.5. The summed E-state index contributed by atoms with van der Waals surface area (Å²) in [4.78, 5) is 17.4. The number of aliphatic hydroxyl groups is 1. The van der Waals surface area contributed by atoms with E-state index in [1.165, 1.54) is 12.1 Å². The van der Waals surface area contributed by atoms with Gasteiger partial charge in [-0.2, -0.15) is 0 Å². The predicted octanol–water partition coefficient (Wildman–Crippen LogP) is 2.50. The Kier molecular flexibility index (Phi) is 7.75. The maximum Gasteiger partial charge on any atom is 0.266 e. The van der Waals surface area contributed by atoms with Gasteiger partial charge in [-0.05, 0) is 42.0 Å². The molecule has 1 amide bonds. The summed E-state index contributed by atoms with van der Waals surface area (Å²) in [6.45, 7) is 4.59. The van der Waals surface area contributed by atoms with Crippen LogP contribution in [0.2, 0.25) is 0 Å². The molecule has 3 N–H and O–H groups in total. The quantitative estimate of drug-likeness (QED) is 0.291. The molecular weight excluding hydrogens is 401 g/mol. The fourth-order valence-electron chi connectivity index (χ4n) is 3.09. The molecule has 0 bridgehead atoms. The van der Waals surface area contributed by atoms with Crippen LogP contribution in [0.15, 0.2) is 66.2 Å². The molecule has 31 heavy (non-hydrogen) atoms. The highest BCUT2D eigenvalue weighted by atomic mass is 19.1. The number of amides is 1. The van der Waals surface area contributed by atoms with Crippen molar-refractivity contribution in [1.29, 1.82) is 0 Å². The first-order chi connectivity index (χ1) is 15.1. The lowest BCUT2D eigenvalue weighted by Gasteiger charge is -2.21. The smallest absolute Gasteiger partial charge is 0.266 e. The van der Waals surface area contributed by atoms with Gasteiger partial charge in [-0.25, -0.2) is 14.8 Å². The first kappa shape index (κ1) is 22.5. The van der Waals surface area contributed by atoms with Gasteiger partial charge in [0, 0.05) is 31.6 Å². The lowest BCUT2D eigenvalue weighted by Crippen LogP contribution is -2.51. The third-order valence-corrected chi connectivity index (χ3v) is 4.72. The van der Waals surface area contributed by atoms with Crippen LogP contribution in [-0.4, -0.2) is 42.3 Å². The van der Waals surface area contributed by atoms with E-state index >= 15 is 0 Å². The van der Waals surface area contributed by atoms with Crippen LogP contribution in [0.5, 0.6) is 5.75 Å². The Labute approximate surface area is 180 Å². The molecule has 0 saturated carbocycles. The van der Waals surface area contributed by atoms with Gasteiger partial charge in [0.15, 0.2) is 5.54 Å². The molecule has 1 aliphatic heterocycles. The lowest BCUT2D eigenvalue weighted by molar-refractivity contribution is -0.127. The van der Waals surface area contributed by atoms with Gasteiger partial charge in [-0.3, -0.25) is 10.2 Å². The van der Waals surface area contributed by atoms with Crippen LogP contribution in [0.25, 0.3) is 0 Å². The molecule has 0 radical (unpaired) electrons. The monoisotopic (exact) mass is 427 g/mol. The molecule has 1 aliphatic rings. The number of ether oxygens (including phenoxy) is 2. The Balaban J connectivity index is 1.64. The number of benzene rings is 2. The van der Waals surface area contributed by atoms with Crippen molar-refractivity contribution >= 4 is 11.8 Å². The molecule has 8 heteroatoms. The highest BCUT2D eigenvalue weighted by Crippen LogP contribution is 2.27. The number of nitrogens with one attached hydrogen (secondary N) is 2. The predicted molar refractivity (Wildman–Crippen MR) is 115 cm³/mol. The third kappa shape index (κ3) is 5.90. The van der Waals surface area contributed by atoms with Crippen LogP contribution in [0, 0.1) is 5.82 Å². The Morgan fingerprint density at radius 1 is 1.32 bits per heavy atom. The Morgan fingerprint density at radius 2 is 2.13 bits per heavy atom. The zero-order valence-corrected chi connectivity index (χ0v) is 17.1. The van der Waals surface area contributed by atoms with Crippen molar-refractivity contribution in [2.45, 2.75) is 24.9 Å². The first-order valence-electron chi connectivity index (χ1n) is 10.0. The lowest BCUT2D eigenvalue weighted by atomic mass is 9.97. The molecule has 0 aliphatic carbocycles. The molecular formula is C23H26FN3O4. The number of hydrazine groups is 1. The molecule has 7 nitrogen and oxygen atoms in total. The van der Waals surface area contributed by atoms with E-state index in [-0.39, 0.29) is 31.5 Å². The normalized spacial score (nSPS) is 17.5. The first-order valence-corrected chi connectivity index (χ1v) is 10.0. The van der Waals surface area contributed by atoms with Gasteiger partial charge in [0.05, 0.1) is 6.61 Å². The average molecular weight is 427 g/mol. The van der Waals surface area contributed by atoms with Gasteiger partial charge in [-0.15, -0.1) is 6.58 Å². The van der Waals surface area contributed by atoms with Gasteiger partial charge in [0.2, 0.25) is 5.90 Å². The summed E-state index contributed by atoms with van der Waals surface area (Å²) in [6.07, 6.45) is 2.48. The van der Waals surface area contributed by atoms with E-state index < -0.39 is 5.54 Å². The zero-order valence-electron chi connectivity index (χ0n) is 17.1. The molecule has 2 aromatic rings. The van der Waals surface area contributed by atoms with Crippen molar-refractivity contribution in [3.8, 4) is 5.75 Å². The Morgan fingerprint density at radius 3 is 2.84 bits per heavy atom. The highest BCUT2D eigenvalue weighted by molar-refractivity contribution is 6.00. The highest BCUT2D eigenvalue weighted by Gasteiger charge is 2.43. The number of hydrogen-bond acceptors (Lipinski definition) is 6. The minimum Gasteiger partial charge on any atom is -0.494 e. The fraction of sp³-hybridized carbons (Fsp3) is 0.304. The van der Waals surface area contributed by atoms with Crippen LogP contribution in [-0.2, 0) is 16.1 Å². The fourth-order valence-corrected chi connectivity index (χ4v) is 3.09. The van der Waals surface area contributed by atoms with Gasteiger partial charge in [0.1, 0.15) is 18.2 Å². The van der Waals surface area contributed by atoms with Crippen molar-refractivity contribution in [2.75, 3.05) is 19.8 Å². The van der Waals surface area contributed by atoms with Crippen LogP contribution in [0.4, 0.5) is 4.39 Å². The van der Waals surface area contributed by atoms with E-state index in [9.17, 15) is 9.18 Å². The number of carbonyl (C=O) groups is 1. The number of aliphatic hydroxyl groups excluding tert-OH is 1. The molecule has 2 aromatic carbocycles. The number of carbonyl (C=O) groups excluding carboxylic acids is 1. The van der Waals surface area contributed by atoms with Crippen molar-refractivity contribution < 1.29 is 23.8 Å². The molecule has 0 spiro atoms. The summed E-state index contributed by atoms with van der Waals surface area (Å²) >= 11 is 0. The molecule has 0 fully saturated rings. The maximum absolute atomic E-state index is 13.3. The average Bonchev–Trinajstić information content (AvgIpc) is 3.20. The SMILES string of the molecule is C=CC[C@@]1(C(=O)NNCc2cccc(F)c2)COC(c2ccc(OCCCO)cc2)=N1. The van der Waals surface area contributed by atoms with E-state index in [4.69, 9.17) is 14.6 Å². The van der Waals surface area contributed by atoms with Gasteiger partial charge < -0.3 is 14.6 Å².